The number of anilines is 3. The highest BCUT2D eigenvalue weighted by molar-refractivity contribution is 7.92. The van der Waals surface area contributed by atoms with E-state index in [9.17, 15) is 22.0 Å². The molecule has 1 saturated heterocycles. The smallest absolute Gasteiger partial charge is 0.266 e. The van der Waals surface area contributed by atoms with Gasteiger partial charge in [-0.1, -0.05) is 11.6 Å². The van der Waals surface area contributed by atoms with Crippen molar-refractivity contribution in [3.05, 3.63) is 51.4 Å². The van der Waals surface area contributed by atoms with Crippen molar-refractivity contribution in [2.24, 2.45) is 0 Å². The summed E-state index contributed by atoms with van der Waals surface area (Å²) in [6, 6.07) is 6.03. The summed E-state index contributed by atoms with van der Waals surface area (Å²) in [7, 11) is -3.51. The van der Waals surface area contributed by atoms with Crippen molar-refractivity contribution in [2.75, 3.05) is 34.3 Å². The average molecular weight is 528 g/mol. The largest absolute Gasteiger partial charge is 0.363 e. The number of thiophene rings is 1. The maximum atomic E-state index is 13.5. The van der Waals surface area contributed by atoms with Gasteiger partial charge in [0.15, 0.2) is 5.82 Å². The van der Waals surface area contributed by atoms with Gasteiger partial charge in [-0.05, 0) is 31.2 Å². The predicted molar refractivity (Wildman–Crippen MR) is 130 cm³/mol. The molecule has 2 N–H and O–H groups in total. The van der Waals surface area contributed by atoms with E-state index in [0.29, 0.717) is 27.6 Å². The van der Waals surface area contributed by atoms with Gasteiger partial charge in [0, 0.05) is 34.1 Å². The highest BCUT2D eigenvalue weighted by atomic mass is 35.5. The number of aryl methyl sites for hydroxylation is 1. The molecule has 4 rings (SSSR count). The quantitative estimate of drug-likeness (QED) is 0.484. The van der Waals surface area contributed by atoms with Crippen LogP contribution in [0.1, 0.15) is 21.0 Å². The van der Waals surface area contributed by atoms with Gasteiger partial charge in [-0.2, -0.15) is 0 Å². The number of alkyl halides is 2. The number of rotatable bonds is 6. The number of nitrogens with zero attached hydrogens (tertiary/aromatic N) is 3. The van der Waals surface area contributed by atoms with Crippen molar-refractivity contribution < 1.29 is 22.0 Å². The van der Waals surface area contributed by atoms with Crippen LogP contribution in [0.2, 0.25) is 5.02 Å². The molecular formula is C21H20ClF2N5O3S2. The van der Waals surface area contributed by atoms with E-state index in [0.717, 1.165) is 11.1 Å². The Morgan fingerprint density at radius 1 is 1.18 bits per heavy atom. The molecule has 34 heavy (non-hydrogen) atoms. The maximum Gasteiger partial charge on any atom is 0.266 e. The lowest BCUT2D eigenvalue weighted by Crippen LogP contribution is -2.25. The minimum atomic E-state index is -3.51. The molecule has 3 aromatic rings. The molecule has 0 aliphatic carbocycles. The normalized spacial score (nSPS) is 15.4. The van der Waals surface area contributed by atoms with Crippen molar-refractivity contribution >= 4 is 55.9 Å². The van der Waals surface area contributed by atoms with E-state index in [-0.39, 0.29) is 30.2 Å². The second kappa shape index (κ2) is 9.08. The summed E-state index contributed by atoms with van der Waals surface area (Å²) in [5, 5.41) is 2.95. The van der Waals surface area contributed by atoms with Gasteiger partial charge in [-0.25, -0.2) is 27.2 Å². The Kier molecular flexibility index (Phi) is 6.49. The summed E-state index contributed by atoms with van der Waals surface area (Å²) in [6.07, 6.45) is 3.82. The number of benzene rings is 1. The van der Waals surface area contributed by atoms with Crippen LogP contribution in [0.4, 0.5) is 25.8 Å². The van der Waals surface area contributed by atoms with E-state index in [1.54, 1.807) is 11.0 Å². The van der Waals surface area contributed by atoms with Gasteiger partial charge in [0.05, 0.1) is 41.4 Å². The molecule has 1 amide bonds. The monoisotopic (exact) mass is 527 g/mol. The average Bonchev–Trinajstić information content (AvgIpc) is 3.28. The van der Waals surface area contributed by atoms with Gasteiger partial charge in [0.25, 0.3) is 11.8 Å². The predicted octanol–water partition coefficient (Wildman–Crippen LogP) is 4.64. The Morgan fingerprint density at radius 2 is 1.85 bits per heavy atom. The standard InChI is InChI=1S/C21H20ClF2N5O3S2/c1-12-17(19-25-9-16(10-26-19)29-4-3-21(23,24)11-29)8-18(33-12)20(30)27-14-5-13(22)6-15(7-14)28-34(2,31)32/h5-10,28H,3-4,11H2,1-2H3,(H,27,30). The minimum Gasteiger partial charge on any atom is -0.363 e. The van der Waals surface area contributed by atoms with Crippen LogP contribution in [0.25, 0.3) is 11.4 Å². The summed E-state index contributed by atoms with van der Waals surface area (Å²) in [5.41, 5.74) is 1.71. The fraction of sp³-hybridized carbons (Fsp3) is 0.286. The molecule has 13 heteroatoms. The number of aromatic nitrogens is 2. The van der Waals surface area contributed by atoms with Crippen LogP contribution in [0.15, 0.2) is 36.7 Å². The number of nitrogens with one attached hydrogen (secondary N) is 2. The third kappa shape index (κ3) is 5.80. The topological polar surface area (TPSA) is 104 Å². The maximum absolute atomic E-state index is 13.5. The first-order valence-electron chi connectivity index (χ1n) is 10.0. The third-order valence-electron chi connectivity index (χ3n) is 5.01. The number of hydrogen-bond donors (Lipinski definition) is 2. The first kappa shape index (κ1) is 24.3. The van der Waals surface area contributed by atoms with E-state index in [2.05, 4.69) is 20.0 Å². The van der Waals surface area contributed by atoms with Gasteiger partial charge < -0.3 is 10.2 Å². The molecule has 1 aromatic carbocycles. The SMILES string of the molecule is Cc1sc(C(=O)Nc2cc(Cl)cc(NS(C)(=O)=O)c2)cc1-c1ncc(N2CCC(F)(F)C2)cn1. The number of halogens is 3. The van der Waals surface area contributed by atoms with Crippen LogP contribution in [-0.2, 0) is 10.0 Å². The van der Waals surface area contributed by atoms with E-state index in [1.165, 1.54) is 41.9 Å². The van der Waals surface area contributed by atoms with Gasteiger partial charge in [-0.15, -0.1) is 11.3 Å². The highest BCUT2D eigenvalue weighted by Gasteiger charge is 2.38. The zero-order chi connectivity index (χ0) is 24.7. The fourth-order valence-electron chi connectivity index (χ4n) is 3.52. The number of sulfonamides is 1. The van der Waals surface area contributed by atoms with Crippen molar-refractivity contribution in [2.45, 2.75) is 19.3 Å². The Bertz CT molecular complexity index is 1350. The van der Waals surface area contributed by atoms with Gasteiger partial charge in [0.1, 0.15) is 0 Å². The molecule has 1 fully saturated rings. The van der Waals surface area contributed by atoms with E-state index < -0.39 is 21.9 Å². The molecule has 0 radical (unpaired) electrons. The molecule has 0 bridgehead atoms. The van der Waals surface area contributed by atoms with Gasteiger partial charge >= 0.3 is 0 Å². The Morgan fingerprint density at radius 3 is 2.47 bits per heavy atom. The Balaban J connectivity index is 1.50. The number of amides is 1. The molecular weight excluding hydrogens is 508 g/mol. The molecule has 2 aromatic heterocycles. The molecule has 0 unspecified atom stereocenters. The van der Waals surface area contributed by atoms with Gasteiger partial charge in [0.2, 0.25) is 10.0 Å². The number of hydrogen-bond acceptors (Lipinski definition) is 7. The first-order chi connectivity index (χ1) is 15.9. The molecule has 180 valence electrons. The summed E-state index contributed by atoms with van der Waals surface area (Å²) >= 11 is 7.29. The second-order valence-electron chi connectivity index (χ2n) is 7.93. The minimum absolute atomic E-state index is 0.199. The molecule has 1 aliphatic rings. The Hall–Kier alpha value is -2.83. The van der Waals surface area contributed by atoms with Crippen LogP contribution in [0, 0.1) is 6.92 Å². The molecule has 1 aliphatic heterocycles. The van der Waals surface area contributed by atoms with Crippen LogP contribution in [-0.4, -0.2) is 49.6 Å². The van der Waals surface area contributed by atoms with Crippen molar-refractivity contribution in [3.63, 3.8) is 0 Å². The highest BCUT2D eigenvalue weighted by Crippen LogP contribution is 2.33. The fourth-order valence-corrected chi connectivity index (χ4v) is 5.22. The molecule has 8 nitrogen and oxygen atoms in total. The zero-order valence-electron chi connectivity index (χ0n) is 18.1. The van der Waals surface area contributed by atoms with Crippen molar-refractivity contribution in [1.29, 1.82) is 0 Å². The molecule has 3 heterocycles. The van der Waals surface area contributed by atoms with Crippen LogP contribution >= 0.6 is 22.9 Å². The molecule has 0 atom stereocenters. The summed E-state index contributed by atoms with van der Waals surface area (Å²) < 4.78 is 52.2. The first-order valence-corrected chi connectivity index (χ1v) is 13.1. The molecule has 0 spiro atoms. The number of carbonyl (C=O) groups is 1. The number of carbonyl (C=O) groups excluding carboxylic acids is 1. The lowest BCUT2D eigenvalue weighted by Gasteiger charge is -2.17. The van der Waals surface area contributed by atoms with Crippen molar-refractivity contribution in [1.82, 2.24) is 9.97 Å². The Labute approximate surface area is 204 Å². The third-order valence-corrected chi connectivity index (χ3v) is 6.89. The zero-order valence-corrected chi connectivity index (χ0v) is 20.5. The van der Waals surface area contributed by atoms with E-state index in [1.807, 2.05) is 6.92 Å². The molecule has 0 saturated carbocycles. The summed E-state index contributed by atoms with van der Waals surface area (Å²) in [6.45, 7) is 1.70. The van der Waals surface area contributed by atoms with Crippen LogP contribution in [0.3, 0.4) is 0 Å². The van der Waals surface area contributed by atoms with E-state index >= 15 is 0 Å². The van der Waals surface area contributed by atoms with Crippen LogP contribution in [0.5, 0.6) is 0 Å². The lowest BCUT2D eigenvalue weighted by atomic mass is 10.2. The van der Waals surface area contributed by atoms with Gasteiger partial charge in [-0.3, -0.25) is 9.52 Å². The van der Waals surface area contributed by atoms with Crippen LogP contribution < -0.4 is 14.9 Å². The van der Waals surface area contributed by atoms with E-state index in [4.69, 9.17) is 11.6 Å². The second-order valence-corrected chi connectivity index (χ2v) is 11.4. The lowest BCUT2D eigenvalue weighted by molar-refractivity contribution is 0.0257. The van der Waals surface area contributed by atoms with Crippen molar-refractivity contribution in [3.8, 4) is 11.4 Å². The summed E-state index contributed by atoms with van der Waals surface area (Å²) in [4.78, 5) is 24.2. The summed E-state index contributed by atoms with van der Waals surface area (Å²) in [5.74, 6) is -2.75.